The highest BCUT2D eigenvalue weighted by Gasteiger charge is 2.08. The summed E-state index contributed by atoms with van der Waals surface area (Å²) in [6.07, 6.45) is 8.00. The summed E-state index contributed by atoms with van der Waals surface area (Å²) in [6.45, 7) is 2.47. The Labute approximate surface area is 174 Å². The molecule has 3 aromatic carbocycles. The van der Waals surface area contributed by atoms with Crippen LogP contribution in [0.5, 0.6) is 0 Å². The van der Waals surface area contributed by atoms with E-state index in [4.69, 9.17) is 11.6 Å². The maximum absolute atomic E-state index is 6.27. The molecule has 0 saturated carbocycles. The van der Waals surface area contributed by atoms with Crippen LogP contribution in [0.2, 0.25) is 0 Å². The van der Waals surface area contributed by atoms with Crippen LogP contribution in [0.15, 0.2) is 82.8 Å². The minimum Gasteiger partial charge on any atom is -0.251 e. The monoisotopic (exact) mass is 402 g/mol. The molecule has 4 heteroatoms. The summed E-state index contributed by atoms with van der Waals surface area (Å²) >= 11 is 8.07. The lowest BCUT2D eigenvalue weighted by molar-refractivity contribution is 1.09. The van der Waals surface area contributed by atoms with Crippen molar-refractivity contribution in [2.45, 2.75) is 13.5 Å². The van der Waals surface area contributed by atoms with Gasteiger partial charge in [0.05, 0.1) is 6.54 Å². The summed E-state index contributed by atoms with van der Waals surface area (Å²) in [5.41, 5.74) is 3.08. The molecule has 4 rings (SSSR count). The second kappa shape index (κ2) is 9.32. The van der Waals surface area contributed by atoms with Crippen LogP contribution in [0, 0.1) is 12.8 Å². The summed E-state index contributed by atoms with van der Waals surface area (Å²) in [5.74, 6) is 0. The quantitative estimate of drug-likeness (QED) is 0.154. The van der Waals surface area contributed by atoms with Gasteiger partial charge in [-0.15, -0.1) is 24.2 Å². The molecule has 0 spiro atoms. The van der Waals surface area contributed by atoms with Gasteiger partial charge >= 0.3 is 0 Å². The summed E-state index contributed by atoms with van der Waals surface area (Å²) in [6, 6.07) is 24.8. The molecule has 0 fully saturated rings. The molecule has 0 saturated heterocycles. The van der Waals surface area contributed by atoms with Crippen molar-refractivity contribution < 1.29 is 0 Å². The highest BCUT2D eigenvalue weighted by Crippen LogP contribution is 2.35. The summed E-state index contributed by atoms with van der Waals surface area (Å²) in [7, 11) is 0. The van der Waals surface area contributed by atoms with Crippen LogP contribution < -0.4 is 0 Å². The van der Waals surface area contributed by atoms with Gasteiger partial charge in [0.15, 0.2) is 0 Å². The molecule has 1 aromatic heterocycles. The molecule has 0 atom stereocenters. The van der Waals surface area contributed by atoms with E-state index < -0.39 is 0 Å². The van der Waals surface area contributed by atoms with E-state index in [0.29, 0.717) is 6.54 Å². The third kappa shape index (κ3) is 4.31. The van der Waals surface area contributed by atoms with E-state index in [-0.39, 0.29) is 5.29 Å². The molecule has 28 heavy (non-hydrogen) atoms. The Bertz CT molecular complexity index is 1170. The van der Waals surface area contributed by atoms with Gasteiger partial charge in [-0.3, -0.25) is 4.99 Å². The van der Waals surface area contributed by atoms with Gasteiger partial charge in [0, 0.05) is 25.9 Å². The van der Waals surface area contributed by atoms with Crippen molar-refractivity contribution in [1.82, 2.24) is 0 Å². The van der Waals surface area contributed by atoms with Gasteiger partial charge in [-0.05, 0) is 35.7 Å². The number of terminal acetylenes is 1. The van der Waals surface area contributed by atoms with Crippen molar-refractivity contribution in [3.8, 4) is 12.8 Å². The first-order valence-electron chi connectivity index (χ1n) is 8.75. The highest BCUT2D eigenvalue weighted by atomic mass is 35.5. The molecule has 0 aliphatic carbocycles. The van der Waals surface area contributed by atoms with Crippen molar-refractivity contribution in [2.24, 2.45) is 9.98 Å². The Balaban J connectivity index is 0.00000109. The van der Waals surface area contributed by atoms with Crippen LogP contribution in [0.4, 0.5) is 0 Å². The maximum atomic E-state index is 6.27. The van der Waals surface area contributed by atoms with Gasteiger partial charge in [-0.25, -0.2) is 4.99 Å². The number of hydrogen-bond donors (Lipinski definition) is 0. The van der Waals surface area contributed by atoms with Crippen molar-refractivity contribution in [3.63, 3.8) is 0 Å². The molecular formula is C24H19ClN2S. The van der Waals surface area contributed by atoms with E-state index in [0.717, 1.165) is 11.3 Å². The summed E-state index contributed by atoms with van der Waals surface area (Å²) in [4.78, 5) is 8.90. The fourth-order valence-corrected chi connectivity index (χ4v) is 4.39. The van der Waals surface area contributed by atoms with Gasteiger partial charge in [-0.1, -0.05) is 66.7 Å². The molecular weight excluding hydrogens is 384 g/mol. The van der Waals surface area contributed by atoms with Gasteiger partial charge in [0.1, 0.15) is 0 Å². The number of hydrogen-bond acceptors (Lipinski definition) is 2. The minimum absolute atomic E-state index is 0.282. The van der Waals surface area contributed by atoms with Crippen molar-refractivity contribution in [2.75, 3.05) is 0 Å². The van der Waals surface area contributed by atoms with Crippen molar-refractivity contribution in [1.29, 1.82) is 0 Å². The second-order valence-corrected chi connectivity index (χ2v) is 7.43. The Kier molecular flexibility index (Phi) is 6.60. The van der Waals surface area contributed by atoms with Crippen LogP contribution in [0.25, 0.3) is 20.2 Å². The van der Waals surface area contributed by atoms with E-state index >= 15 is 0 Å². The molecule has 0 unspecified atom stereocenters. The zero-order valence-corrected chi connectivity index (χ0v) is 17.0. The third-order valence-corrected chi connectivity index (χ3v) is 5.78. The average molecular weight is 403 g/mol. The van der Waals surface area contributed by atoms with Crippen LogP contribution in [-0.4, -0.2) is 11.0 Å². The van der Waals surface area contributed by atoms with Crippen LogP contribution in [-0.2, 0) is 6.54 Å². The SMILES string of the molecule is C#C.C/C(=N\C(Cl)=NCc1cccc2c1sc1ccccc12)c1ccccc1. The standard InChI is InChI=1S/C22H17ClN2S.C2H2/c1-15(16-8-3-2-4-9-16)25-22(23)24-14-17-10-7-12-19-18-11-5-6-13-20(18)26-21(17)19;1-2/h2-13H,14H2,1H3;1-2H/b24-22?,25-15+;. The molecule has 138 valence electrons. The Morgan fingerprint density at radius 3 is 2.36 bits per heavy atom. The maximum Gasteiger partial charge on any atom is 0.218 e. The summed E-state index contributed by atoms with van der Waals surface area (Å²) < 4.78 is 2.56. The van der Waals surface area contributed by atoms with Gasteiger partial charge < -0.3 is 0 Å². The Morgan fingerprint density at radius 2 is 1.57 bits per heavy atom. The van der Waals surface area contributed by atoms with Gasteiger partial charge in [0.25, 0.3) is 0 Å². The minimum atomic E-state index is 0.282. The first-order chi connectivity index (χ1) is 13.7. The van der Waals surface area contributed by atoms with E-state index in [9.17, 15) is 0 Å². The zero-order chi connectivity index (χ0) is 19.9. The fourth-order valence-electron chi connectivity index (χ4n) is 3.00. The Hall–Kier alpha value is -2.93. The lowest BCUT2D eigenvalue weighted by atomic mass is 10.1. The highest BCUT2D eigenvalue weighted by molar-refractivity contribution is 7.26. The molecule has 2 nitrogen and oxygen atoms in total. The number of thiophene rings is 1. The van der Waals surface area contributed by atoms with E-state index in [2.05, 4.69) is 65.3 Å². The van der Waals surface area contributed by atoms with E-state index in [1.807, 2.05) is 37.3 Å². The molecule has 0 bridgehead atoms. The van der Waals surface area contributed by atoms with Gasteiger partial charge in [-0.2, -0.15) is 0 Å². The third-order valence-electron chi connectivity index (χ3n) is 4.32. The first kappa shape index (κ1) is 19.8. The van der Waals surface area contributed by atoms with Gasteiger partial charge in [0.2, 0.25) is 5.29 Å². The van der Waals surface area contributed by atoms with Crippen LogP contribution in [0.3, 0.4) is 0 Å². The molecule has 0 N–H and O–H groups in total. The molecule has 0 aliphatic rings. The second-order valence-electron chi connectivity index (χ2n) is 6.04. The molecule has 0 amide bonds. The largest absolute Gasteiger partial charge is 0.251 e. The first-order valence-corrected chi connectivity index (χ1v) is 9.95. The van der Waals surface area contributed by atoms with Crippen molar-refractivity contribution in [3.05, 3.63) is 83.9 Å². The van der Waals surface area contributed by atoms with Crippen molar-refractivity contribution >= 4 is 54.1 Å². The normalized spacial score (nSPS) is 12.0. The topological polar surface area (TPSA) is 24.7 Å². The van der Waals surface area contributed by atoms with Crippen LogP contribution in [0.1, 0.15) is 18.1 Å². The Morgan fingerprint density at radius 1 is 0.893 bits per heavy atom. The number of aliphatic imine (C=N–C) groups is 2. The molecule has 4 aromatic rings. The predicted octanol–water partition coefficient (Wildman–Crippen LogP) is 6.91. The van der Waals surface area contributed by atoms with Crippen LogP contribution >= 0.6 is 22.9 Å². The number of halogens is 1. The number of fused-ring (bicyclic) bond motifs is 3. The van der Waals surface area contributed by atoms with E-state index in [1.165, 1.54) is 25.7 Å². The zero-order valence-electron chi connectivity index (χ0n) is 15.5. The average Bonchev–Trinajstić information content (AvgIpc) is 3.13. The number of amidine groups is 1. The lowest BCUT2D eigenvalue weighted by Gasteiger charge is -2.01. The number of benzene rings is 3. The number of nitrogens with zero attached hydrogens (tertiary/aromatic N) is 2. The molecule has 1 heterocycles. The lowest BCUT2D eigenvalue weighted by Crippen LogP contribution is -1.97. The molecule has 0 radical (unpaired) electrons. The molecule has 0 aliphatic heterocycles. The fraction of sp³-hybridized carbons (Fsp3) is 0.0833. The summed E-state index contributed by atoms with van der Waals surface area (Å²) in [5, 5.41) is 2.85. The number of rotatable bonds is 3. The van der Waals surface area contributed by atoms with E-state index in [1.54, 1.807) is 11.3 Å². The smallest absolute Gasteiger partial charge is 0.218 e. The predicted molar refractivity (Wildman–Crippen MR) is 125 cm³/mol.